The molecule has 4 heterocycles. The SMILES string of the molecule is CCCn1cc(-c2cc3c(-c4cc(=O)n(C)cc4Oc4c(C)cccc4C)cn(C)c(=O)c3[nH]2)cn1. The van der Waals surface area contributed by atoms with Gasteiger partial charge in [-0.25, -0.2) is 0 Å². The van der Waals surface area contributed by atoms with Crippen molar-refractivity contribution in [2.45, 2.75) is 33.7 Å². The Morgan fingerprint density at radius 1 is 0.972 bits per heavy atom. The van der Waals surface area contributed by atoms with E-state index in [1.165, 1.54) is 9.13 Å². The molecule has 0 spiro atoms. The molecule has 5 rings (SSSR count). The minimum Gasteiger partial charge on any atom is -0.455 e. The summed E-state index contributed by atoms with van der Waals surface area (Å²) in [6.07, 6.45) is 8.19. The molecule has 5 aromatic rings. The summed E-state index contributed by atoms with van der Waals surface area (Å²) in [5, 5.41) is 5.14. The number of aryl methyl sites for hydroxylation is 5. The Labute approximate surface area is 208 Å². The number of aromatic amines is 1. The summed E-state index contributed by atoms with van der Waals surface area (Å²) in [5.41, 5.74) is 5.16. The molecule has 0 bridgehead atoms. The van der Waals surface area contributed by atoms with Crippen LogP contribution in [0.4, 0.5) is 0 Å². The average Bonchev–Trinajstić information content (AvgIpc) is 3.49. The molecule has 0 aliphatic heterocycles. The van der Waals surface area contributed by atoms with Crippen LogP contribution in [0.3, 0.4) is 0 Å². The standard InChI is InChI=1S/C28H29N5O3/c1-6-10-33-14-19(13-29-33)23-11-21-22(15-32(5)28(35)26(21)30-23)20-12-25(34)31(4)16-24(20)36-27-17(2)8-7-9-18(27)3/h7-9,11-16,30H,6,10H2,1-5H3. The van der Waals surface area contributed by atoms with Gasteiger partial charge in [-0.05, 0) is 37.5 Å². The minimum absolute atomic E-state index is 0.151. The normalized spacial score (nSPS) is 11.4. The highest BCUT2D eigenvalue weighted by molar-refractivity contribution is 5.98. The monoisotopic (exact) mass is 483 g/mol. The van der Waals surface area contributed by atoms with Gasteiger partial charge in [0.2, 0.25) is 0 Å². The van der Waals surface area contributed by atoms with Gasteiger partial charge in [-0.1, -0.05) is 25.1 Å². The highest BCUT2D eigenvalue weighted by Crippen LogP contribution is 2.38. The van der Waals surface area contributed by atoms with Crippen molar-refractivity contribution in [3.63, 3.8) is 0 Å². The lowest BCUT2D eigenvalue weighted by Crippen LogP contribution is -2.18. The fourth-order valence-corrected chi connectivity index (χ4v) is 4.53. The Hall–Kier alpha value is -4.33. The second-order valence-electron chi connectivity index (χ2n) is 9.25. The first-order valence-electron chi connectivity index (χ1n) is 12.0. The summed E-state index contributed by atoms with van der Waals surface area (Å²) >= 11 is 0. The quantitative estimate of drug-likeness (QED) is 0.372. The van der Waals surface area contributed by atoms with Gasteiger partial charge in [-0.2, -0.15) is 5.10 Å². The van der Waals surface area contributed by atoms with E-state index >= 15 is 0 Å². The van der Waals surface area contributed by atoms with E-state index in [1.807, 2.05) is 49.0 Å². The number of ether oxygens (including phenoxy) is 1. The van der Waals surface area contributed by atoms with Gasteiger partial charge in [0.05, 0.1) is 12.4 Å². The Kier molecular flexibility index (Phi) is 5.88. The zero-order chi connectivity index (χ0) is 25.6. The lowest BCUT2D eigenvalue weighted by molar-refractivity contribution is 0.470. The lowest BCUT2D eigenvalue weighted by atomic mass is 10.0. The minimum atomic E-state index is -0.169. The van der Waals surface area contributed by atoms with Crippen molar-refractivity contribution in [2.24, 2.45) is 14.1 Å². The number of hydrogen-bond donors (Lipinski definition) is 1. The van der Waals surface area contributed by atoms with Gasteiger partial charge in [0.1, 0.15) is 11.3 Å². The van der Waals surface area contributed by atoms with Crippen LogP contribution < -0.4 is 15.9 Å². The van der Waals surface area contributed by atoms with Crippen molar-refractivity contribution in [2.75, 3.05) is 0 Å². The maximum absolute atomic E-state index is 13.1. The van der Waals surface area contributed by atoms with E-state index in [-0.39, 0.29) is 11.1 Å². The molecule has 184 valence electrons. The number of para-hydroxylation sites is 1. The first kappa shape index (κ1) is 23.4. The molecule has 0 fully saturated rings. The van der Waals surface area contributed by atoms with Gasteiger partial charge in [0.15, 0.2) is 5.75 Å². The van der Waals surface area contributed by atoms with Crippen LogP contribution in [0.1, 0.15) is 24.5 Å². The average molecular weight is 484 g/mol. The molecule has 8 heteroatoms. The molecule has 8 nitrogen and oxygen atoms in total. The molecule has 0 unspecified atom stereocenters. The highest BCUT2D eigenvalue weighted by Gasteiger charge is 2.19. The first-order chi connectivity index (χ1) is 17.3. The Bertz CT molecular complexity index is 1700. The molecule has 0 saturated heterocycles. The van der Waals surface area contributed by atoms with E-state index in [4.69, 9.17) is 4.74 Å². The number of fused-ring (bicyclic) bond motifs is 1. The van der Waals surface area contributed by atoms with Crippen molar-refractivity contribution in [3.8, 4) is 33.9 Å². The summed E-state index contributed by atoms with van der Waals surface area (Å²) in [5.74, 6) is 1.28. The van der Waals surface area contributed by atoms with Gasteiger partial charge < -0.3 is 18.9 Å². The highest BCUT2D eigenvalue weighted by atomic mass is 16.5. The fourth-order valence-electron chi connectivity index (χ4n) is 4.53. The van der Waals surface area contributed by atoms with Crippen LogP contribution in [0.15, 0.2) is 64.7 Å². The maximum atomic E-state index is 13.1. The molecule has 0 aliphatic rings. The summed E-state index contributed by atoms with van der Waals surface area (Å²) < 4.78 is 11.3. The number of nitrogens with one attached hydrogen (secondary N) is 1. The third kappa shape index (κ3) is 4.04. The molecular formula is C28H29N5O3. The summed E-state index contributed by atoms with van der Waals surface area (Å²) in [6, 6.07) is 9.48. The number of H-pyrrole nitrogens is 1. The molecule has 36 heavy (non-hydrogen) atoms. The topological polar surface area (TPSA) is 86.8 Å². The number of rotatable bonds is 6. The number of hydrogen-bond acceptors (Lipinski definition) is 4. The fraction of sp³-hybridized carbons (Fsp3) is 0.250. The second-order valence-corrected chi connectivity index (χ2v) is 9.25. The van der Waals surface area contributed by atoms with Crippen molar-refractivity contribution in [1.82, 2.24) is 23.9 Å². The Morgan fingerprint density at radius 3 is 2.44 bits per heavy atom. The molecule has 1 aromatic carbocycles. The van der Waals surface area contributed by atoms with E-state index in [2.05, 4.69) is 17.0 Å². The predicted octanol–water partition coefficient (Wildman–Crippen LogP) is 4.91. The smallest absolute Gasteiger partial charge is 0.274 e. The summed E-state index contributed by atoms with van der Waals surface area (Å²) in [4.78, 5) is 29.1. The van der Waals surface area contributed by atoms with Crippen LogP contribution >= 0.6 is 0 Å². The second kappa shape index (κ2) is 9.03. The van der Waals surface area contributed by atoms with E-state index in [0.717, 1.165) is 52.0 Å². The van der Waals surface area contributed by atoms with Crippen molar-refractivity contribution >= 4 is 10.9 Å². The van der Waals surface area contributed by atoms with E-state index < -0.39 is 0 Å². The van der Waals surface area contributed by atoms with Crippen LogP contribution in [0.25, 0.3) is 33.3 Å². The molecule has 0 saturated carbocycles. The Morgan fingerprint density at radius 2 is 1.72 bits per heavy atom. The molecular weight excluding hydrogens is 454 g/mol. The van der Waals surface area contributed by atoms with Crippen LogP contribution in [0.2, 0.25) is 0 Å². The van der Waals surface area contributed by atoms with Crippen molar-refractivity contribution in [1.29, 1.82) is 0 Å². The number of pyridine rings is 2. The molecule has 0 amide bonds. The van der Waals surface area contributed by atoms with E-state index in [9.17, 15) is 9.59 Å². The van der Waals surface area contributed by atoms with Crippen LogP contribution in [-0.4, -0.2) is 23.9 Å². The number of nitrogens with zero attached hydrogens (tertiary/aromatic N) is 4. The largest absolute Gasteiger partial charge is 0.455 e. The van der Waals surface area contributed by atoms with Gasteiger partial charge in [-0.15, -0.1) is 0 Å². The molecule has 0 aliphatic carbocycles. The van der Waals surface area contributed by atoms with Gasteiger partial charge in [0, 0.05) is 66.9 Å². The van der Waals surface area contributed by atoms with Crippen LogP contribution in [0, 0.1) is 13.8 Å². The first-order valence-corrected chi connectivity index (χ1v) is 12.0. The van der Waals surface area contributed by atoms with Gasteiger partial charge >= 0.3 is 0 Å². The Balaban J connectivity index is 1.73. The molecule has 1 N–H and O–H groups in total. The zero-order valence-corrected chi connectivity index (χ0v) is 21.1. The third-order valence-corrected chi connectivity index (χ3v) is 6.46. The van der Waals surface area contributed by atoms with E-state index in [1.54, 1.807) is 38.8 Å². The molecule has 0 atom stereocenters. The third-order valence-electron chi connectivity index (χ3n) is 6.46. The lowest BCUT2D eigenvalue weighted by Gasteiger charge is -2.17. The van der Waals surface area contributed by atoms with Gasteiger partial charge in [-0.3, -0.25) is 14.3 Å². The van der Waals surface area contributed by atoms with E-state index in [0.29, 0.717) is 16.8 Å². The number of benzene rings is 1. The molecule has 4 aromatic heterocycles. The van der Waals surface area contributed by atoms with Crippen LogP contribution in [-0.2, 0) is 20.6 Å². The zero-order valence-electron chi connectivity index (χ0n) is 21.1. The molecule has 0 radical (unpaired) electrons. The van der Waals surface area contributed by atoms with Gasteiger partial charge in [0.25, 0.3) is 11.1 Å². The summed E-state index contributed by atoms with van der Waals surface area (Å²) in [6.45, 7) is 6.90. The van der Waals surface area contributed by atoms with Crippen molar-refractivity contribution in [3.05, 3.63) is 87.0 Å². The predicted molar refractivity (Wildman–Crippen MR) is 142 cm³/mol. The maximum Gasteiger partial charge on any atom is 0.274 e. The van der Waals surface area contributed by atoms with Crippen molar-refractivity contribution < 1.29 is 4.74 Å². The number of aromatic nitrogens is 5. The summed E-state index contributed by atoms with van der Waals surface area (Å²) in [7, 11) is 3.40. The van der Waals surface area contributed by atoms with Crippen LogP contribution in [0.5, 0.6) is 11.5 Å².